The van der Waals surface area contributed by atoms with E-state index in [0.29, 0.717) is 12.1 Å². The lowest BCUT2D eigenvalue weighted by atomic mass is 9.84. The van der Waals surface area contributed by atoms with Crippen LogP contribution in [-0.2, 0) is 18.8 Å². The van der Waals surface area contributed by atoms with Gasteiger partial charge in [-0.15, -0.1) is 0 Å². The Balaban J connectivity index is 2.02. The number of halogens is 6. The van der Waals surface area contributed by atoms with Crippen molar-refractivity contribution in [2.75, 3.05) is 0 Å². The lowest BCUT2D eigenvalue weighted by molar-refractivity contribution is -0.144. The predicted molar refractivity (Wildman–Crippen MR) is 99.5 cm³/mol. The van der Waals surface area contributed by atoms with Gasteiger partial charge < -0.3 is 0 Å². The van der Waals surface area contributed by atoms with Crippen LogP contribution < -0.4 is 0 Å². The molecule has 0 saturated carbocycles. The number of hydrogen-bond acceptors (Lipinski definition) is 0. The highest BCUT2D eigenvalue weighted by Gasteiger charge is 2.40. The van der Waals surface area contributed by atoms with Crippen molar-refractivity contribution in [2.45, 2.75) is 31.1 Å². The summed E-state index contributed by atoms with van der Waals surface area (Å²) in [6, 6.07) is 20.4. The van der Waals surface area contributed by atoms with Gasteiger partial charge in [0.1, 0.15) is 0 Å². The first-order valence-corrected chi connectivity index (χ1v) is 9.04. The summed E-state index contributed by atoms with van der Waals surface area (Å²) in [7, 11) is 0. The third kappa shape index (κ3) is 5.00. The van der Waals surface area contributed by atoms with Gasteiger partial charge in [-0.25, -0.2) is 0 Å². The number of rotatable bonds is 5. The van der Waals surface area contributed by atoms with Crippen molar-refractivity contribution in [3.8, 4) is 0 Å². The predicted octanol–water partition coefficient (Wildman–Crippen LogP) is 7.49. The van der Waals surface area contributed by atoms with E-state index < -0.39 is 29.0 Å². The van der Waals surface area contributed by atoms with E-state index >= 15 is 0 Å². The molecule has 0 saturated heterocycles. The molecule has 29 heavy (non-hydrogen) atoms. The van der Waals surface area contributed by atoms with Gasteiger partial charge in [-0.1, -0.05) is 66.7 Å². The Morgan fingerprint density at radius 3 is 1.34 bits per heavy atom. The molecular weight excluding hydrogens is 390 g/mol. The molecule has 0 atom stereocenters. The normalized spacial score (nSPS) is 12.4. The molecule has 0 N–H and O–H groups in total. The summed E-state index contributed by atoms with van der Waals surface area (Å²) < 4.78 is 80.5. The maximum atomic E-state index is 13.4. The minimum atomic E-state index is -4.86. The maximum Gasteiger partial charge on any atom is 0.416 e. The van der Waals surface area contributed by atoms with E-state index in [1.165, 1.54) is 0 Å². The highest BCUT2D eigenvalue weighted by atomic mass is 19.4. The van der Waals surface area contributed by atoms with Crippen LogP contribution in [0.25, 0.3) is 0 Å². The molecule has 3 aromatic carbocycles. The minimum absolute atomic E-state index is 0.115. The zero-order valence-electron chi connectivity index (χ0n) is 15.3. The molecule has 0 heterocycles. The summed E-state index contributed by atoms with van der Waals surface area (Å²) in [6.07, 6.45) is -9.94. The molecule has 152 valence electrons. The number of benzene rings is 3. The number of alkyl halides is 6. The standard InChI is InChI=1S/C23H18F6/c24-22(25,26)20-12-7-13-21(23(27,28)29)19(20)15-14-18(16-8-3-1-4-9-16)17-10-5-2-6-11-17/h1-13,18H,14-15H2. The van der Waals surface area contributed by atoms with Gasteiger partial charge in [-0.05, 0) is 41.7 Å². The Morgan fingerprint density at radius 2 is 0.966 bits per heavy atom. The Morgan fingerprint density at radius 1 is 0.552 bits per heavy atom. The molecule has 0 spiro atoms. The van der Waals surface area contributed by atoms with Crippen molar-refractivity contribution < 1.29 is 26.3 Å². The zero-order valence-corrected chi connectivity index (χ0v) is 15.3. The summed E-state index contributed by atoms with van der Waals surface area (Å²) in [6.45, 7) is 0. The van der Waals surface area contributed by atoms with Crippen LogP contribution in [0.4, 0.5) is 26.3 Å². The van der Waals surface area contributed by atoms with E-state index in [-0.39, 0.29) is 18.8 Å². The maximum absolute atomic E-state index is 13.4. The lowest BCUT2D eigenvalue weighted by Crippen LogP contribution is -2.17. The van der Waals surface area contributed by atoms with E-state index in [1.54, 1.807) is 24.3 Å². The molecule has 0 aliphatic rings. The van der Waals surface area contributed by atoms with Crippen molar-refractivity contribution >= 4 is 0 Å². The van der Waals surface area contributed by atoms with Gasteiger partial charge in [-0.3, -0.25) is 0 Å². The molecular formula is C23H18F6. The van der Waals surface area contributed by atoms with Crippen LogP contribution in [0.2, 0.25) is 0 Å². The van der Waals surface area contributed by atoms with Gasteiger partial charge in [0.15, 0.2) is 0 Å². The first kappa shape index (κ1) is 21.0. The Hall–Kier alpha value is -2.76. The van der Waals surface area contributed by atoms with E-state index in [4.69, 9.17) is 0 Å². The van der Waals surface area contributed by atoms with Crippen LogP contribution in [0.1, 0.15) is 40.2 Å². The van der Waals surface area contributed by atoms with Crippen LogP contribution in [0.3, 0.4) is 0 Å². The average Bonchev–Trinajstić information content (AvgIpc) is 2.68. The van der Waals surface area contributed by atoms with Gasteiger partial charge >= 0.3 is 12.4 Å². The second-order valence-corrected chi connectivity index (χ2v) is 6.74. The molecule has 0 aliphatic carbocycles. The fraction of sp³-hybridized carbons (Fsp3) is 0.217. The second kappa shape index (κ2) is 8.31. The fourth-order valence-electron chi connectivity index (χ4n) is 3.57. The lowest BCUT2D eigenvalue weighted by Gasteiger charge is -2.22. The van der Waals surface area contributed by atoms with Crippen molar-refractivity contribution in [1.82, 2.24) is 0 Å². The van der Waals surface area contributed by atoms with Gasteiger partial charge in [0, 0.05) is 5.92 Å². The van der Waals surface area contributed by atoms with Crippen LogP contribution >= 0.6 is 0 Å². The van der Waals surface area contributed by atoms with Crippen molar-refractivity contribution in [3.63, 3.8) is 0 Å². The summed E-state index contributed by atoms with van der Waals surface area (Å²) in [4.78, 5) is 0. The van der Waals surface area contributed by atoms with Crippen molar-refractivity contribution in [2.24, 2.45) is 0 Å². The summed E-state index contributed by atoms with van der Waals surface area (Å²) in [5, 5.41) is 0. The topological polar surface area (TPSA) is 0 Å². The highest BCUT2D eigenvalue weighted by molar-refractivity contribution is 5.40. The Labute approximate surface area is 164 Å². The Kier molecular flexibility index (Phi) is 6.01. The van der Waals surface area contributed by atoms with E-state index in [1.807, 2.05) is 36.4 Å². The molecule has 0 unspecified atom stereocenters. The van der Waals surface area contributed by atoms with Gasteiger partial charge in [-0.2, -0.15) is 26.3 Å². The monoisotopic (exact) mass is 408 g/mol. The molecule has 0 fully saturated rings. The fourth-order valence-corrected chi connectivity index (χ4v) is 3.57. The van der Waals surface area contributed by atoms with Gasteiger partial charge in [0.2, 0.25) is 0 Å². The van der Waals surface area contributed by atoms with Crippen LogP contribution in [-0.4, -0.2) is 0 Å². The van der Waals surface area contributed by atoms with E-state index in [2.05, 4.69) is 0 Å². The zero-order chi connectivity index (χ0) is 21.1. The molecule has 3 aromatic rings. The molecule has 0 radical (unpaired) electrons. The van der Waals surface area contributed by atoms with Crippen LogP contribution in [0.5, 0.6) is 0 Å². The second-order valence-electron chi connectivity index (χ2n) is 6.74. The number of hydrogen-bond donors (Lipinski definition) is 0. The van der Waals surface area contributed by atoms with E-state index in [9.17, 15) is 26.3 Å². The highest BCUT2D eigenvalue weighted by Crippen LogP contribution is 2.41. The van der Waals surface area contributed by atoms with E-state index in [0.717, 1.165) is 17.2 Å². The van der Waals surface area contributed by atoms with Crippen molar-refractivity contribution in [1.29, 1.82) is 0 Å². The van der Waals surface area contributed by atoms with Crippen LogP contribution in [0, 0.1) is 0 Å². The largest absolute Gasteiger partial charge is 0.416 e. The summed E-state index contributed by atoms with van der Waals surface area (Å²) in [5.41, 5.74) is -1.47. The first-order chi connectivity index (χ1) is 13.7. The van der Waals surface area contributed by atoms with Gasteiger partial charge in [0.05, 0.1) is 11.1 Å². The molecule has 6 heteroatoms. The molecule has 0 aromatic heterocycles. The van der Waals surface area contributed by atoms with Crippen molar-refractivity contribution in [3.05, 3.63) is 107 Å². The smallest absolute Gasteiger partial charge is 0.166 e. The minimum Gasteiger partial charge on any atom is -0.166 e. The third-order valence-corrected chi connectivity index (χ3v) is 4.87. The molecule has 0 bridgehead atoms. The molecule has 0 amide bonds. The summed E-state index contributed by atoms with van der Waals surface area (Å²) in [5.74, 6) is -0.320. The quantitative estimate of drug-likeness (QED) is 0.384. The van der Waals surface area contributed by atoms with Gasteiger partial charge in [0.25, 0.3) is 0 Å². The molecule has 0 aliphatic heterocycles. The molecule has 3 rings (SSSR count). The molecule has 0 nitrogen and oxygen atoms in total. The Bertz CT molecular complexity index is 855. The summed E-state index contributed by atoms with van der Waals surface area (Å²) >= 11 is 0. The third-order valence-electron chi connectivity index (χ3n) is 4.87. The average molecular weight is 408 g/mol. The first-order valence-electron chi connectivity index (χ1n) is 9.04. The van der Waals surface area contributed by atoms with Crippen LogP contribution in [0.15, 0.2) is 78.9 Å². The SMILES string of the molecule is FC(F)(F)c1cccc(C(F)(F)F)c1CCC(c1ccccc1)c1ccccc1.